The van der Waals surface area contributed by atoms with E-state index >= 15 is 0 Å². The zero-order valence-corrected chi connectivity index (χ0v) is 8.36. The number of rotatable bonds is 1. The molecule has 0 unspecified atom stereocenters. The van der Waals surface area contributed by atoms with Crippen LogP contribution in [0.25, 0.3) is 22.7 Å². The molecule has 3 rings (SSSR count). The summed E-state index contributed by atoms with van der Waals surface area (Å²) in [5, 5.41) is 10.5. The Hall–Kier alpha value is -2.23. The predicted octanol–water partition coefficient (Wildman–Crippen LogP) is 0.382. The number of furan rings is 1. The van der Waals surface area contributed by atoms with E-state index in [0.29, 0.717) is 12.0 Å². The number of hydrogen-bond donors (Lipinski definition) is 2. The molecule has 0 fully saturated rings. The van der Waals surface area contributed by atoms with Crippen LogP contribution in [0, 0.1) is 0 Å². The summed E-state index contributed by atoms with van der Waals surface area (Å²) < 4.78 is 5.57. The minimum absolute atomic E-state index is 0.246. The minimum atomic E-state index is -0.947. The van der Waals surface area contributed by atoms with E-state index in [9.17, 15) is 4.79 Å². The Morgan fingerprint density at radius 1 is 1.44 bits per heavy atom. The zero-order valence-electron chi connectivity index (χ0n) is 8.36. The van der Waals surface area contributed by atoms with Gasteiger partial charge >= 0.3 is 5.97 Å². The summed E-state index contributed by atoms with van der Waals surface area (Å²) in [5.74, 6) is -0.947. The van der Waals surface area contributed by atoms with Crippen LogP contribution in [-0.2, 0) is 0 Å². The first-order valence-electron chi connectivity index (χ1n) is 4.91. The van der Waals surface area contributed by atoms with Gasteiger partial charge in [-0.1, -0.05) is 0 Å². The Kier molecular flexibility index (Phi) is 1.63. The number of carbonyl (C=O) groups is 1. The summed E-state index contributed by atoms with van der Waals surface area (Å²) in [7, 11) is 0. The van der Waals surface area contributed by atoms with E-state index in [0.717, 1.165) is 21.7 Å². The van der Waals surface area contributed by atoms with Crippen LogP contribution in [0.4, 0.5) is 0 Å². The first-order valence-corrected chi connectivity index (χ1v) is 4.91. The van der Waals surface area contributed by atoms with Crippen molar-refractivity contribution in [2.45, 2.75) is 6.42 Å². The van der Waals surface area contributed by atoms with Crippen LogP contribution in [0.15, 0.2) is 22.6 Å². The van der Waals surface area contributed by atoms with Crippen LogP contribution in [0.2, 0.25) is 0 Å². The highest BCUT2D eigenvalue weighted by Crippen LogP contribution is 2.14. The third-order valence-electron chi connectivity index (χ3n) is 2.79. The van der Waals surface area contributed by atoms with E-state index in [-0.39, 0.29) is 5.56 Å². The average Bonchev–Trinajstić information content (AvgIpc) is 2.78. The van der Waals surface area contributed by atoms with E-state index < -0.39 is 5.97 Å². The highest BCUT2D eigenvalue weighted by atomic mass is 16.4. The van der Waals surface area contributed by atoms with Gasteiger partial charge in [-0.15, -0.1) is 0 Å². The van der Waals surface area contributed by atoms with Gasteiger partial charge in [0, 0.05) is 22.7 Å². The summed E-state index contributed by atoms with van der Waals surface area (Å²) in [6.07, 6.45) is 2.58. The van der Waals surface area contributed by atoms with Gasteiger partial charge in [-0.05, 0) is 24.3 Å². The van der Waals surface area contributed by atoms with Gasteiger partial charge in [0.1, 0.15) is 11.0 Å². The van der Waals surface area contributed by atoms with Gasteiger partial charge in [0.15, 0.2) is 0 Å². The molecule has 0 saturated heterocycles. The fourth-order valence-electron chi connectivity index (χ4n) is 2.03. The molecule has 0 bridgehead atoms. The van der Waals surface area contributed by atoms with E-state index in [1.165, 1.54) is 6.07 Å². The Morgan fingerprint density at radius 2 is 2.25 bits per heavy atom. The molecule has 1 aromatic carbocycles. The van der Waals surface area contributed by atoms with Crippen LogP contribution in [0.5, 0.6) is 0 Å². The molecule has 0 atom stereocenters. The van der Waals surface area contributed by atoms with Gasteiger partial charge in [-0.2, -0.15) is 0 Å². The topological polar surface area (TPSA) is 76.5 Å². The standard InChI is InChI=1S/C12H9NO3/c13-8-2-4-10-11(8)7-5-6(12(14)15)1-3-9(7)16-10/h1,3-5H,2,13H2,(H,14,15). The van der Waals surface area contributed by atoms with Gasteiger partial charge in [-0.25, -0.2) is 4.79 Å². The number of aromatic carboxylic acids is 1. The molecule has 0 aliphatic heterocycles. The molecule has 4 nitrogen and oxygen atoms in total. The molecule has 3 N–H and O–H groups in total. The van der Waals surface area contributed by atoms with E-state index in [1.54, 1.807) is 12.1 Å². The van der Waals surface area contributed by atoms with E-state index in [1.807, 2.05) is 6.08 Å². The zero-order chi connectivity index (χ0) is 11.3. The van der Waals surface area contributed by atoms with Crippen molar-refractivity contribution in [1.82, 2.24) is 0 Å². The minimum Gasteiger partial charge on any atom is -0.478 e. The van der Waals surface area contributed by atoms with Crippen molar-refractivity contribution in [3.05, 3.63) is 34.4 Å². The third-order valence-corrected chi connectivity index (χ3v) is 2.79. The van der Waals surface area contributed by atoms with Crippen molar-refractivity contribution in [3.63, 3.8) is 0 Å². The maximum Gasteiger partial charge on any atom is 0.335 e. The number of benzene rings is 1. The lowest BCUT2D eigenvalue weighted by Crippen LogP contribution is -2.21. The molecule has 0 amide bonds. The first-order chi connectivity index (χ1) is 7.66. The molecule has 0 spiro atoms. The van der Waals surface area contributed by atoms with Crippen molar-refractivity contribution in [1.29, 1.82) is 0 Å². The molecule has 0 radical (unpaired) electrons. The molecule has 80 valence electrons. The molecular weight excluding hydrogens is 206 g/mol. The van der Waals surface area contributed by atoms with Crippen LogP contribution >= 0.6 is 0 Å². The summed E-state index contributed by atoms with van der Waals surface area (Å²) in [5.41, 5.74) is 8.26. The van der Waals surface area contributed by atoms with Crippen LogP contribution in [0.1, 0.15) is 16.8 Å². The second-order valence-electron chi connectivity index (χ2n) is 3.79. The molecule has 0 saturated carbocycles. The van der Waals surface area contributed by atoms with Gasteiger partial charge in [-0.3, -0.25) is 0 Å². The third kappa shape index (κ3) is 1.07. The molecule has 4 heteroatoms. The fourth-order valence-corrected chi connectivity index (χ4v) is 2.03. The first kappa shape index (κ1) is 9.03. The molecule has 2 aromatic rings. The largest absolute Gasteiger partial charge is 0.478 e. The highest BCUT2D eigenvalue weighted by Gasteiger charge is 2.12. The van der Waals surface area contributed by atoms with Gasteiger partial charge < -0.3 is 15.3 Å². The summed E-state index contributed by atoms with van der Waals surface area (Å²) in [6, 6.07) is 4.80. The number of carboxylic acids is 1. The van der Waals surface area contributed by atoms with Crippen molar-refractivity contribution in [3.8, 4) is 0 Å². The SMILES string of the molecule is NC1=c2c(oc3ccc(C(=O)O)cc23)=CC1. The maximum atomic E-state index is 10.9. The van der Waals surface area contributed by atoms with Crippen LogP contribution in [0.3, 0.4) is 0 Å². The molecule has 1 aliphatic carbocycles. The highest BCUT2D eigenvalue weighted by molar-refractivity contribution is 5.93. The maximum absolute atomic E-state index is 10.9. The predicted molar refractivity (Wildman–Crippen MR) is 59.1 cm³/mol. The lowest BCUT2D eigenvalue weighted by atomic mass is 10.1. The number of fused-ring (bicyclic) bond motifs is 3. The lowest BCUT2D eigenvalue weighted by molar-refractivity contribution is 0.0697. The Labute approximate surface area is 90.3 Å². The quantitative estimate of drug-likeness (QED) is 0.721. The van der Waals surface area contributed by atoms with E-state index in [4.69, 9.17) is 15.3 Å². The normalized spacial score (nSPS) is 13.9. The molecule has 1 heterocycles. The van der Waals surface area contributed by atoms with Crippen molar-refractivity contribution >= 4 is 28.7 Å². The molecule has 1 aliphatic rings. The number of nitrogens with two attached hydrogens (primary N) is 1. The Balaban J connectivity index is 2.49. The summed E-state index contributed by atoms with van der Waals surface area (Å²) in [6.45, 7) is 0. The van der Waals surface area contributed by atoms with Crippen LogP contribution in [-0.4, -0.2) is 11.1 Å². The average molecular weight is 215 g/mol. The smallest absolute Gasteiger partial charge is 0.335 e. The number of hydrogen-bond acceptors (Lipinski definition) is 3. The second kappa shape index (κ2) is 2.88. The van der Waals surface area contributed by atoms with E-state index in [2.05, 4.69) is 0 Å². The summed E-state index contributed by atoms with van der Waals surface area (Å²) >= 11 is 0. The van der Waals surface area contributed by atoms with Crippen molar-refractivity contribution in [2.24, 2.45) is 5.73 Å². The van der Waals surface area contributed by atoms with Gasteiger partial charge in [0.2, 0.25) is 0 Å². The second-order valence-corrected chi connectivity index (χ2v) is 3.79. The molecule has 16 heavy (non-hydrogen) atoms. The van der Waals surface area contributed by atoms with Gasteiger partial charge in [0.05, 0.1) is 5.56 Å². The van der Waals surface area contributed by atoms with Crippen molar-refractivity contribution < 1.29 is 14.3 Å². The van der Waals surface area contributed by atoms with Gasteiger partial charge in [0.25, 0.3) is 0 Å². The monoisotopic (exact) mass is 215 g/mol. The van der Waals surface area contributed by atoms with Crippen LogP contribution < -0.4 is 16.4 Å². The lowest BCUT2D eigenvalue weighted by Gasteiger charge is -1.94. The molecule has 1 aromatic heterocycles. The number of carboxylic acid groups (broad SMARTS) is 1. The van der Waals surface area contributed by atoms with Crippen molar-refractivity contribution in [2.75, 3.05) is 0 Å². The fraction of sp³-hybridized carbons (Fsp3) is 0.0833. The molecular formula is C12H9NO3. The summed E-state index contributed by atoms with van der Waals surface area (Å²) in [4.78, 5) is 10.9. The Bertz CT molecular complexity index is 725. The Morgan fingerprint density at radius 3 is 3.00 bits per heavy atom.